The van der Waals surface area contributed by atoms with Gasteiger partial charge in [-0.2, -0.15) is 0 Å². The van der Waals surface area contributed by atoms with E-state index in [1.165, 1.54) is 0 Å². The molecule has 0 atom stereocenters. The third-order valence-electron chi connectivity index (χ3n) is 5.12. The summed E-state index contributed by atoms with van der Waals surface area (Å²) in [5.74, 6) is 1.13. The molecule has 1 aromatic carbocycles. The van der Waals surface area contributed by atoms with Crippen molar-refractivity contribution < 1.29 is 8.42 Å². The summed E-state index contributed by atoms with van der Waals surface area (Å²) in [6.07, 6.45) is 3.97. The molecule has 4 rings (SSSR count). The standard InChI is InChI=1S/C20H24N4O2S/c1-2-15-27(25,26)23-13-10-17(11-14-23)24-19(16-7-4-3-5-8-16)22-18-9-6-12-21-20(18)24/h3-9,12,17H,2,10-11,13-15H2,1H3. The van der Waals surface area contributed by atoms with Crippen LogP contribution in [0.2, 0.25) is 0 Å². The molecule has 0 unspecified atom stereocenters. The van der Waals surface area contributed by atoms with Crippen LogP contribution in [0.25, 0.3) is 22.6 Å². The van der Waals surface area contributed by atoms with Gasteiger partial charge in [-0.15, -0.1) is 0 Å². The van der Waals surface area contributed by atoms with Gasteiger partial charge in [0.15, 0.2) is 5.65 Å². The lowest BCUT2D eigenvalue weighted by atomic mass is 10.1. The Morgan fingerprint density at radius 2 is 1.81 bits per heavy atom. The van der Waals surface area contributed by atoms with Crippen LogP contribution in [0.3, 0.4) is 0 Å². The van der Waals surface area contributed by atoms with E-state index in [1.54, 1.807) is 10.5 Å². The molecule has 1 aliphatic heterocycles. The lowest BCUT2D eigenvalue weighted by Crippen LogP contribution is -2.40. The minimum Gasteiger partial charge on any atom is -0.305 e. The lowest BCUT2D eigenvalue weighted by Gasteiger charge is -2.32. The summed E-state index contributed by atoms with van der Waals surface area (Å²) >= 11 is 0. The quantitative estimate of drug-likeness (QED) is 0.675. The van der Waals surface area contributed by atoms with Gasteiger partial charge in [0, 0.05) is 30.9 Å². The van der Waals surface area contributed by atoms with Crippen LogP contribution in [0.15, 0.2) is 48.7 Å². The largest absolute Gasteiger partial charge is 0.305 e. The Kier molecular flexibility index (Phi) is 4.97. The van der Waals surface area contributed by atoms with E-state index in [-0.39, 0.29) is 11.8 Å². The molecular weight excluding hydrogens is 360 g/mol. The first-order valence-corrected chi connectivity index (χ1v) is 11.1. The fourth-order valence-corrected chi connectivity index (χ4v) is 5.37. The van der Waals surface area contributed by atoms with Gasteiger partial charge in [-0.05, 0) is 31.4 Å². The van der Waals surface area contributed by atoms with E-state index in [0.717, 1.165) is 35.4 Å². The van der Waals surface area contributed by atoms with E-state index in [2.05, 4.69) is 21.7 Å². The molecule has 142 valence electrons. The fraction of sp³-hybridized carbons (Fsp3) is 0.400. The molecule has 1 saturated heterocycles. The van der Waals surface area contributed by atoms with Crippen molar-refractivity contribution in [1.82, 2.24) is 18.8 Å². The number of fused-ring (bicyclic) bond motifs is 1. The van der Waals surface area contributed by atoms with Gasteiger partial charge in [0.25, 0.3) is 0 Å². The first kappa shape index (κ1) is 18.1. The van der Waals surface area contributed by atoms with Gasteiger partial charge in [0.2, 0.25) is 10.0 Å². The van der Waals surface area contributed by atoms with Crippen LogP contribution in [0, 0.1) is 0 Å². The summed E-state index contributed by atoms with van der Waals surface area (Å²) in [5, 5.41) is 0. The summed E-state index contributed by atoms with van der Waals surface area (Å²) in [4.78, 5) is 9.39. The molecule has 1 aliphatic rings. The van der Waals surface area contributed by atoms with Crippen LogP contribution in [0.4, 0.5) is 0 Å². The van der Waals surface area contributed by atoms with Crippen molar-refractivity contribution in [3.05, 3.63) is 48.7 Å². The van der Waals surface area contributed by atoms with Gasteiger partial charge in [-0.3, -0.25) is 0 Å². The summed E-state index contributed by atoms with van der Waals surface area (Å²) in [7, 11) is -3.14. The van der Waals surface area contributed by atoms with E-state index in [1.807, 2.05) is 37.3 Å². The Morgan fingerprint density at radius 3 is 2.52 bits per heavy atom. The zero-order valence-electron chi connectivity index (χ0n) is 15.5. The molecule has 3 aromatic rings. The number of benzene rings is 1. The Bertz CT molecular complexity index is 1020. The number of rotatable bonds is 5. The van der Waals surface area contributed by atoms with Gasteiger partial charge in [0.1, 0.15) is 11.3 Å². The molecule has 1 fully saturated rings. The molecule has 0 amide bonds. The third kappa shape index (κ3) is 3.49. The van der Waals surface area contributed by atoms with Gasteiger partial charge < -0.3 is 4.57 Å². The van der Waals surface area contributed by atoms with Crippen molar-refractivity contribution in [3.8, 4) is 11.4 Å². The second-order valence-electron chi connectivity index (χ2n) is 6.96. The van der Waals surface area contributed by atoms with E-state index in [9.17, 15) is 8.42 Å². The number of imidazole rings is 1. The highest BCUT2D eigenvalue weighted by Crippen LogP contribution is 2.33. The molecule has 0 radical (unpaired) electrons. The Hall–Kier alpha value is -2.25. The Morgan fingerprint density at radius 1 is 1.07 bits per heavy atom. The highest BCUT2D eigenvalue weighted by atomic mass is 32.2. The van der Waals surface area contributed by atoms with Crippen molar-refractivity contribution in [1.29, 1.82) is 0 Å². The molecule has 3 heterocycles. The van der Waals surface area contributed by atoms with E-state index < -0.39 is 10.0 Å². The van der Waals surface area contributed by atoms with Crippen LogP contribution in [0.5, 0.6) is 0 Å². The number of aromatic nitrogens is 3. The average Bonchev–Trinajstić information content (AvgIpc) is 3.08. The van der Waals surface area contributed by atoms with Gasteiger partial charge in [-0.1, -0.05) is 37.3 Å². The van der Waals surface area contributed by atoms with Gasteiger partial charge in [0.05, 0.1) is 5.75 Å². The third-order valence-corrected chi connectivity index (χ3v) is 7.20. The molecule has 0 bridgehead atoms. The Balaban J connectivity index is 1.68. The normalized spacial score (nSPS) is 16.8. The number of hydrogen-bond donors (Lipinski definition) is 0. The van der Waals surface area contributed by atoms with Gasteiger partial charge in [-0.25, -0.2) is 22.7 Å². The van der Waals surface area contributed by atoms with Crippen molar-refractivity contribution >= 4 is 21.2 Å². The van der Waals surface area contributed by atoms with Crippen LogP contribution >= 0.6 is 0 Å². The zero-order chi connectivity index (χ0) is 18.9. The highest BCUT2D eigenvalue weighted by Gasteiger charge is 2.30. The topological polar surface area (TPSA) is 68.1 Å². The average molecular weight is 385 g/mol. The number of piperidine rings is 1. The molecule has 0 spiro atoms. The summed E-state index contributed by atoms with van der Waals surface area (Å²) in [5.41, 5.74) is 2.79. The second kappa shape index (κ2) is 7.40. The van der Waals surface area contributed by atoms with E-state index >= 15 is 0 Å². The van der Waals surface area contributed by atoms with Crippen LogP contribution < -0.4 is 0 Å². The van der Waals surface area contributed by atoms with Crippen molar-refractivity contribution in [3.63, 3.8) is 0 Å². The molecule has 0 aliphatic carbocycles. The smallest absolute Gasteiger partial charge is 0.214 e. The second-order valence-corrected chi connectivity index (χ2v) is 9.05. The fourth-order valence-electron chi connectivity index (χ4n) is 3.83. The minimum atomic E-state index is -3.14. The Labute approximate surface area is 159 Å². The molecule has 27 heavy (non-hydrogen) atoms. The molecule has 2 aromatic heterocycles. The lowest BCUT2D eigenvalue weighted by molar-refractivity contribution is 0.278. The predicted molar refractivity (Wildman–Crippen MR) is 107 cm³/mol. The molecule has 0 saturated carbocycles. The highest BCUT2D eigenvalue weighted by molar-refractivity contribution is 7.89. The van der Waals surface area contributed by atoms with E-state index in [0.29, 0.717) is 19.5 Å². The first-order chi connectivity index (χ1) is 13.1. The summed E-state index contributed by atoms with van der Waals surface area (Å²) < 4.78 is 28.6. The van der Waals surface area contributed by atoms with Crippen molar-refractivity contribution in [2.45, 2.75) is 32.2 Å². The zero-order valence-corrected chi connectivity index (χ0v) is 16.3. The maximum Gasteiger partial charge on any atom is 0.214 e. The molecule has 6 nitrogen and oxygen atoms in total. The number of sulfonamides is 1. The molecule has 0 N–H and O–H groups in total. The van der Waals surface area contributed by atoms with E-state index in [4.69, 9.17) is 4.98 Å². The van der Waals surface area contributed by atoms with Crippen LogP contribution in [-0.2, 0) is 10.0 Å². The van der Waals surface area contributed by atoms with Crippen molar-refractivity contribution in [2.24, 2.45) is 0 Å². The minimum absolute atomic E-state index is 0.188. The monoisotopic (exact) mass is 384 g/mol. The molecular formula is C20H24N4O2S. The summed E-state index contributed by atoms with van der Waals surface area (Å²) in [6, 6.07) is 14.2. The van der Waals surface area contributed by atoms with Crippen LogP contribution in [-0.4, -0.2) is 46.1 Å². The maximum absolute atomic E-state index is 12.4. The number of pyridine rings is 1. The first-order valence-electron chi connectivity index (χ1n) is 9.46. The predicted octanol–water partition coefficient (Wildman–Crippen LogP) is 3.48. The number of nitrogens with zero attached hydrogens (tertiary/aromatic N) is 4. The van der Waals surface area contributed by atoms with Crippen molar-refractivity contribution in [2.75, 3.05) is 18.8 Å². The number of hydrogen-bond acceptors (Lipinski definition) is 4. The summed E-state index contributed by atoms with van der Waals surface area (Å²) in [6.45, 7) is 3.00. The van der Waals surface area contributed by atoms with Gasteiger partial charge >= 0.3 is 0 Å². The van der Waals surface area contributed by atoms with Crippen LogP contribution in [0.1, 0.15) is 32.2 Å². The SMILES string of the molecule is CCCS(=O)(=O)N1CCC(n2c(-c3ccccc3)nc3cccnc32)CC1. The molecule has 7 heteroatoms. The maximum atomic E-state index is 12.4.